The fourth-order valence-electron chi connectivity index (χ4n) is 2.20. The number of amides is 1. The van der Waals surface area contributed by atoms with Crippen LogP contribution in [0.15, 0.2) is 29.1 Å². The van der Waals surface area contributed by atoms with Crippen LogP contribution in [0.1, 0.15) is 49.6 Å². The predicted molar refractivity (Wildman–Crippen MR) is 93.9 cm³/mol. The molecule has 1 aromatic carbocycles. The van der Waals surface area contributed by atoms with Crippen LogP contribution in [0, 0.1) is 6.92 Å². The molecule has 2 aromatic rings. The largest absolute Gasteiger partial charge is 0.494 e. The van der Waals surface area contributed by atoms with E-state index in [0.717, 1.165) is 5.75 Å². The molecule has 2 N–H and O–H groups in total. The number of aromatic nitrogens is 2. The van der Waals surface area contributed by atoms with Crippen molar-refractivity contribution in [3.63, 3.8) is 0 Å². The molecule has 2 rings (SSSR count). The standard InChI is InChI=1S/C18H23N3O3/c1-6-24-13-9-7-12(8-10-13)20-15(22)14-11(2)19-17(18(3,4)5)21-16(14)23/h7-10H,6H2,1-5H3,(H,20,22)(H,19,21,23). The van der Waals surface area contributed by atoms with Gasteiger partial charge in [-0.2, -0.15) is 0 Å². The van der Waals surface area contributed by atoms with Crippen molar-refractivity contribution in [2.75, 3.05) is 11.9 Å². The van der Waals surface area contributed by atoms with Gasteiger partial charge in [-0.3, -0.25) is 9.59 Å². The van der Waals surface area contributed by atoms with E-state index in [1.165, 1.54) is 0 Å². The summed E-state index contributed by atoms with van der Waals surface area (Å²) in [7, 11) is 0. The number of carbonyl (C=O) groups excluding carboxylic acids is 1. The second-order valence-corrected chi connectivity index (χ2v) is 6.54. The number of H-pyrrole nitrogens is 1. The first-order valence-electron chi connectivity index (χ1n) is 7.88. The highest BCUT2D eigenvalue weighted by Gasteiger charge is 2.22. The van der Waals surface area contributed by atoms with Gasteiger partial charge in [0.2, 0.25) is 0 Å². The highest BCUT2D eigenvalue weighted by Crippen LogP contribution is 2.19. The van der Waals surface area contributed by atoms with E-state index in [1.807, 2.05) is 27.7 Å². The predicted octanol–water partition coefficient (Wildman–Crippen LogP) is 3.03. The molecule has 0 saturated carbocycles. The molecule has 1 amide bonds. The van der Waals surface area contributed by atoms with Gasteiger partial charge in [-0.1, -0.05) is 20.8 Å². The number of aryl methyl sites for hydroxylation is 1. The van der Waals surface area contributed by atoms with Gasteiger partial charge in [0, 0.05) is 11.1 Å². The number of anilines is 1. The van der Waals surface area contributed by atoms with Crippen molar-refractivity contribution in [1.29, 1.82) is 0 Å². The van der Waals surface area contributed by atoms with Crippen molar-refractivity contribution in [2.24, 2.45) is 0 Å². The number of carbonyl (C=O) groups is 1. The Balaban J connectivity index is 2.25. The second-order valence-electron chi connectivity index (χ2n) is 6.54. The minimum Gasteiger partial charge on any atom is -0.494 e. The molecular weight excluding hydrogens is 306 g/mol. The first kappa shape index (κ1) is 17.7. The van der Waals surface area contributed by atoms with E-state index in [-0.39, 0.29) is 11.0 Å². The lowest BCUT2D eigenvalue weighted by Crippen LogP contribution is -2.30. The third-order valence-electron chi connectivity index (χ3n) is 3.46. The fraction of sp³-hybridized carbons (Fsp3) is 0.389. The molecular formula is C18H23N3O3. The minimum atomic E-state index is -0.481. The number of aromatic amines is 1. The molecule has 0 aliphatic rings. The van der Waals surface area contributed by atoms with Crippen LogP contribution in [0.4, 0.5) is 5.69 Å². The Hall–Kier alpha value is -2.63. The zero-order valence-electron chi connectivity index (χ0n) is 14.7. The van der Waals surface area contributed by atoms with Gasteiger partial charge in [-0.25, -0.2) is 4.98 Å². The van der Waals surface area contributed by atoms with Crippen LogP contribution in [0.2, 0.25) is 0 Å². The van der Waals surface area contributed by atoms with Crippen molar-refractivity contribution in [2.45, 2.75) is 40.0 Å². The third kappa shape index (κ3) is 4.01. The zero-order valence-corrected chi connectivity index (χ0v) is 14.7. The van der Waals surface area contributed by atoms with Crippen LogP contribution >= 0.6 is 0 Å². The molecule has 6 nitrogen and oxygen atoms in total. The zero-order chi connectivity index (χ0) is 17.9. The second kappa shape index (κ2) is 6.86. The summed E-state index contributed by atoms with van der Waals surface area (Å²) in [6.45, 7) is 9.99. The average Bonchev–Trinajstić information content (AvgIpc) is 2.48. The van der Waals surface area contributed by atoms with E-state index < -0.39 is 11.5 Å². The summed E-state index contributed by atoms with van der Waals surface area (Å²) >= 11 is 0. The molecule has 0 bridgehead atoms. The number of ether oxygens (including phenoxy) is 1. The summed E-state index contributed by atoms with van der Waals surface area (Å²) in [6, 6.07) is 6.97. The third-order valence-corrected chi connectivity index (χ3v) is 3.46. The molecule has 0 unspecified atom stereocenters. The highest BCUT2D eigenvalue weighted by atomic mass is 16.5. The monoisotopic (exact) mass is 329 g/mol. The van der Waals surface area contributed by atoms with E-state index in [0.29, 0.717) is 23.8 Å². The van der Waals surface area contributed by atoms with E-state index in [9.17, 15) is 9.59 Å². The summed E-state index contributed by atoms with van der Waals surface area (Å²) in [5.41, 5.74) is 0.288. The van der Waals surface area contributed by atoms with Crippen LogP contribution in [-0.4, -0.2) is 22.5 Å². The number of benzene rings is 1. The molecule has 128 valence electrons. The number of nitrogens with zero attached hydrogens (tertiary/aromatic N) is 1. The molecule has 1 aromatic heterocycles. The van der Waals surface area contributed by atoms with Crippen LogP contribution in [0.5, 0.6) is 5.75 Å². The molecule has 0 radical (unpaired) electrons. The Morgan fingerprint density at radius 1 is 1.25 bits per heavy atom. The lowest BCUT2D eigenvalue weighted by molar-refractivity contribution is 0.102. The maximum atomic E-state index is 12.4. The van der Waals surface area contributed by atoms with Gasteiger partial charge in [-0.15, -0.1) is 0 Å². The summed E-state index contributed by atoms with van der Waals surface area (Å²) in [5.74, 6) is 0.800. The van der Waals surface area contributed by atoms with Gasteiger partial charge in [-0.05, 0) is 38.1 Å². The van der Waals surface area contributed by atoms with E-state index in [1.54, 1.807) is 31.2 Å². The average molecular weight is 329 g/mol. The van der Waals surface area contributed by atoms with Gasteiger partial charge < -0.3 is 15.0 Å². The first-order chi connectivity index (χ1) is 11.2. The Kier molecular flexibility index (Phi) is 5.07. The number of hydrogen-bond acceptors (Lipinski definition) is 4. The smallest absolute Gasteiger partial charge is 0.264 e. The van der Waals surface area contributed by atoms with Gasteiger partial charge in [0.1, 0.15) is 17.1 Å². The lowest BCUT2D eigenvalue weighted by Gasteiger charge is -2.18. The molecule has 0 aliphatic carbocycles. The van der Waals surface area contributed by atoms with E-state index in [2.05, 4.69) is 15.3 Å². The molecule has 1 heterocycles. The normalized spacial score (nSPS) is 11.2. The SMILES string of the molecule is CCOc1ccc(NC(=O)c2c(C)nc(C(C)(C)C)[nH]c2=O)cc1. The lowest BCUT2D eigenvalue weighted by atomic mass is 9.95. The van der Waals surface area contributed by atoms with Crippen molar-refractivity contribution in [3.05, 3.63) is 51.7 Å². The van der Waals surface area contributed by atoms with Gasteiger partial charge in [0.05, 0.1) is 12.3 Å². The van der Waals surface area contributed by atoms with Gasteiger partial charge in [0.25, 0.3) is 11.5 Å². The highest BCUT2D eigenvalue weighted by molar-refractivity contribution is 6.04. The van der Waals surface area contributed by atoms with Gasteiger partial charge >= 0.3 is 0 Å². The van der Waals surface area contributed by atoms with Crippen LogP contribution in [0.3, 0.4) is 0 Å². The van der Waals surface area contributed by atoms with Crippen LogP contribution in [-0.2, 0) is 5.41 Å². The molecule has 0 fully saturated rings. The summed E-state index contributed by atoms with van der Waals surface area (Å²) in [5, 5.41) is 2.71. The first-order valence-corrected chi connectivity index (χ1v) is 7.88. The Morgan fingerprint density at radius 2 is 1.88 bits per heavy atom. The van der Waals surface area contributed by atoms with E-state index in [4.69, 9.17) is 4.74 Å². The van der Waals surface area contributed by atoms with Gasteiger partial charge in [0.15, 0.2) is 0 Å². The summed E-state index contributed by atoms with van der Waals surface area (Å²) in [6.07, 6.45) is 0. The molecule has 0 spiro atoms. The van der Waals surface area contributed by atoms with Crippen molar-refractivity contribution in [1.82, 2.24) is 9.97 Å². The molecule has 6 heteroatoms. The molecule has 0 saturated heterocycles. The number of rotatable bonds is 4. The van der Waals surface area contributed by atoms with E-state index >= 15 is 0 Å². The summed E-state index contributed by atoms with van der Waals surface area (Å²) < 4.78 is 5.36. The quantitative estimate of drug-likeness (QED) is 0.903. The van der Waals surface area contributed by atoms with Crippen molar-refractivity contribution >= 4 is 11.6 Å². The van der Waals surface area contributed by atoms with Crippen molar-refractivity contribution < 1.29 is 9.53 Å². The number of nitrogens with one attached hydrogen (secondary N) is 2. The van der Waals surface area contributed by atoms with Crippen molar-refractivity contribution in [3.8, 4) is 5.75 Å². The molecule has 24 heavy (non-hydrogen) atoms. The minimum absolute atomic E-state index is 0.0249. The fourth-order valence-corrected chi connectivity index (χ4v) is 2.20. The molecule has 0 atom stereocenters. The number of hydrogen-bond donors (Lipinski definition) is 2. The molecule has 0 aliphatic heterocycles. The maximum Gasteiger partial charge on any atom is 0.264 e. The maximum absolute atomic E-state index is 12.4. The van der Waals surface area contributed by atoms with Crippen LogP contribution < -0.4 is 15.6 Å². The summed E-state index contributed by atoms with van der Waals surface area (Å²) in [4.78, 5) is 31.8. The Morgan fingerprint density at radius 3 is 2.38 bits per heavy atom. The Labute approximate surface area is 141 Å². The Bertz CT molecular complexity index is 787. The topological polar surface area (TPSA) is 84.1 Å². The van der Waals surface area contributed by atoms with Crippen LogP contribution in [0.25, 0.3) is 0 Å².